The number of anilines is 1. The molecule has 176 valence electrons. The van der Waals surface area contributed by atoms with Crippen LogP contribution >= 0.6 is 22.9 Å². The zero-order valence-corrected chi connectivity index (χ0v) is 21.4. The van der Waals surface area contributed by atoms with Gasteiger partial charge in [0.15, 0.2) is 5.82 Å². The summed E-state index contributed by atoms with van der Waals surface area (Å²) in [5.74, 6) is 2.40. The molecule has 4 heterocycles. The quantitative estimate of drug-likeness (QED) is 0.381. The number of rotatable bonds is 5. The lowest BCUT2D eigenvalue weighted by Crippen LogP contribution is -2.27. The van der Waals surface area contributed by atoms with Gasteiger partial charge in [0.25, 0.3) is 0 Å². The smallest absolute Gasteiger partial charge is 0.151 e. The van der Waals surface area contributed by atoms with E-state index in [0.29, 0.717) is 31.3 Å². The van der Waals surface area contributed by atoms with Crippen molar-refractivity contribution in [2.45, 2.75) is 33.4 Å². The Morgan fingerprint density at radius 3 is 2.79 bits per heavy atom. The number of ether oxygens (including phenoxy) is 1. The first-order chi connectivity index (χ1) is 16.4. The summed E-state index contributed by atoms with van der Waals surface area (Å²) in [7, 11) is 4.01. The van der Waals surface area contributed by atoms with Gasteiger partial charge in [0.2, 0.25) is 0 Å². The maximum atomic E-state index is 6.68. The minimum atomic E-state index is 0.556. The average molecular weight is 495 g/mol. The highest BCUT2D eigenvalue weighted by atomic mass is 35.5. The summed E-state index contributed by atoms with van der Waals surface area (Å²) in [6.07, 6.45) is 2.85. The average Bonchev–Trinajstić information content (AvgIpc) is 3.11. The summed E-state index contributed by atoms with van der Waals surface area (Å²) in [4.78, 5) is 23.9. The summed E-state index contributed by atoms with van der Waals surface area (Å²) in [6, 6.07) is 8.42. The number of halogens is 1. The highest BCUT2D eigenvalue weighted by Gasteiger charge is 2.22. The maximum Gasteiger partial charge on any atom is 0.151 e. The van der Waals surface area contributed by atoms with E-state index < -0.39 is 0 Å². The fourth-order valence-corrected chi connectivity index (χ4v) is 5.13. The van der Waals surface area contributed by atoms with E-state index in [-0.39, 0.29) is 0 Å². The molecule has 0 saturated heterocycles. The molecule has 0 saturated carbocycles. The fraction of sp³-hybridized carbons (Fsp3) is 0.360. The van der Waals surface area contributed by atoms with Gasteiger partial charge < -0.3 is 14.5 Å². The summed E-state index contributed by atoms with van der Waals surface area (Å²) >= 11 is 8.33. The van der Waals surface area contributed by atoms with Gasteiger partial charge in [-0.3, -0.25) is 0 Å². The number of hydrogen-bond acceptors (Lipinski definition) is 8. The van der Waals surface area contributed by atoms with Gasteiger partial charge in [-0.2, -0.15) is 0 Å². The number of fused-ring (bicyclic) bond motifs is 2. The van der Waals surface area contributed by atoms with Crippen molar-refractivity contribution in [3.63, 3.8) is 0 Å². The Balaban J connectivity index is 1.49. The third kappa shape index (κ3) is 4.58. The van der Waals surface area contributed by atoms with Crippen LogP contribution in [0.3, 0.4) is 0 Å². The molecule has 9 heteroatoms. The Bertz CT molecular complexity index is 1350. The predicted molar refractivity (Wildman–Crippen MR) is 138 cm³/mol. The molecule has 34 heavy (non-hydrogen) atoms. The fourth-order valence-electron chi connectivity index (χ4n) is 4.10. The van der Waals surface area contributed by atoms with Gasteiger partial charge in [0, 0.05) is 23.9 Å². The van der Waals surface area contributed by atoms with E-state index in [0.717, 1.165) is 61.6 Å². The number of hydrogen-bond donors (Lipinski definition) is 0. The third-order valence-corrected chi connectivity index (χ3v) is 7.34. The first-order valence-corrected chi connectivity index (χ1v) is 12.5. The summed E-state index contributed by atoms with van der Waals surface area (Å²) in [5, 5.41) is 1.70. The molecule has 7 nitrogen and oxygen atoms in total. The first kappa shape index (κ1) is 23.0. The zero-order valence-electron chi connectivity index (χ0n) is 19.8. The van der Waals surface area contributed by atoms with Crippen molar-refractivity contribution < 1.29 is 4.74 Å². The normalized spacial score (nSPS) is 13.8. The van der Waals surface area contributed by atoms with Crippen LogP contribution in [0.4, 0.5) is 5.82 Å². The van der Waals surface area contributed by atoms with Crippen molar-refractivity contribution in [3.05, 3.63) is 57.6 Å². The zero-order chi connectivity index (χ0) is 23.8. The van der Waals surface area contributed by atoms with Crippen LogP contribution in [0, 0.1) is 6.92 Å². The molecular formula is C25H27ClN6OS. The largest absolute Gasteiger partial charge is 0.491 e. The van der Waals surface area contributed by atoms with Crippen LogP contribution in [0.1, 0.15) is 29.0 Å². The van der Waals surface area contributed by atoms with Gasteiger partial charge in [-0.25, -0.2) is 19.9 Å². The Morgan fingerprint density at radius 2 is 2.00 bits per heavy atom. The number of pyridine rings is 1. The van der Waals surface area contributed by atoms with Crippen LogP contribution < -0.4 is 9.64 Å². The Morgan fingerprint density at radius 1 is 1.15 bits per heavy atom. The lowest BCUT2D eigenvalue weighted by Gasteiger charge is -2.23. The molecule has 5 rings (SSSR count). The molecule has 1 aromatic carbocycles. The summed E-state index contributed by atoms with van der Waals surface area (Å²) in [6.45, 7) is 6.59. The van der Waals surface area contributed by atoms with Gasteiger partial charge in [-0.15, -0.1) is 0 Å². The van der Waals surface area contributed by atoms with Crippen molar-refractivity contribution in [2.75, 3.05) is 32.1 Å². The van der Waals surface area contributed by atoms with E-state index in [1.165, 1.54) is 0 Å². The topological polar surface area (TPSA) is 67.3 Å². The lowest BCUT2D eigenvalue weighted by atomic mass is 10.0. The van der Waals surface area contributed by atoms with Crippen molar-refractivity contribution in [1.29, 1.82) is 0 Å². The molecule has 0 aliphatic carbocycles. The summed E-state index contributed by atoms with van der Waals surface area (Å²) < 4.78 is 6.08. The number of benzene rings is 1. The highest BCUT2D eigenvalue weighted by molar-refractivity contribution is 7.18. The van der Waals surface area contributed by atoms with Gasteiger partial charge in [0.05, 0.1) is 23.8 Å². The Kier molecular flexibility index (Phi) is 6.38. The lowest BCUT2D eigenvalue weighted by molar-refractivity contribution is 0.331. The van der Waals surface area contributed by atoms with Crippen LogP contribution in [0.2, 0.25) is 5.02 Å². The molecule has 0 amide bonds. The number of aryl methyl sites for hydroxylation is 2. The number of aromatic nitrogens is 4. The first-order valence-electron chi connectivity index (χ1n) is 11.4. The van der Waals surface area contributed by atoms with Gasteiger partial charge in [-0.05, 0) is 51.2 Å². The molecule has 0 fully saturated rings. The van der Waals surface area contributed by atoms with Crippen LogP contribution in [-0.2, 0) is 19.5 Å². The van der Waals surface area contributed by atoms with Gasteiger partial charge in [-0.1, -0.05) is 35.9 Å². The van der Waals surface area contributed by atoms with Gasteiger partial charge >= 0.3 is 0 Å². The van der Waals surface area contributed by atoms with Crippen LogP contribution in [0.25, 0.3) is 21.5 Å². The number of thiazole rings is 1. The molecule has 0 N–H and O–H groups in total. The van der Waals surface area contributed by atoms with E-state index in [1.807, 2.05) is 33.3 Å². The molecule has 0 spiro atoms. The van der Waals surface area contributed by atoms with E-state index >= 15 is 0 Å². The molecule has 1 aliphatic heterocycles. The van der Waals surface area contributed by atoms with Crippen molar-refractivity contribution in [1.82, 2.24) is 24.8 Å². The molecule has 0 bridgehead atoms. The Labute approximate surface area is 208 Å². The second kappa shape index (κ2) is 9.44. The van der Waals surface area contributed by atoms with Crippen molar-refractivity contribution >= 4 is 39.1 Å². The van der Waals surface area contributed by atoms with E-state index in [9.17, 15) is 0 Å². The van der Waals surface area contributed by atoms with E-state index in [4.69, 9.17) is 26.3 Å². The monoisotopic (exact) mass is 494 g/mol. The van der Waals surface area contributed by atoms with Gasteiger partial charge in [0.1, 0.15) is 33.6 Å². The molecule has 0 unspecified atom stereocenters. The van der Waals surface area contributed by atoms with Crippen LogP contribution in [0.15, 0.2) is 30.5 Å². The molecular weight excluding hydrogens is 468 g/mol. The van der Waals surface area contributed by atoms with Crippen LogP contribution in [0.5, 0.6) is 5.75 Å². The molecule has 4 aromatic rings. The SMILES string of the molecule is CCc1nc2cc(-c3ccc4c(c3)CN(c3nc(CN(C)C)nc(C)c3Cl)CCO4)cnc2s1. The van der Waals surface area contributed by atoms with Crippen molar-refractivity contribution in [2.24, 2.45) is 0 Å². The minimum absolute atomic E-state index is 0.556. The standard InChI is InChI=1S/C25H27ClN6OS/c1-5-22-29-19-11-17(12-27-25(19)34-22)16-6-7-20-18(10-16)13-32(8-9-33-20)24-23(26)15(2)28-21(30-24)14-31(3)4/h6-7,10-12H,5,8-9,13-14H2,1-4H3. The maximum absolute atomic E-state index is 6.68. The van der Waals surface area contributed by atoms with Crippen LogP contribution in [-0.4, -0.2) is 52.1 Å². The minimum Gasteiger partial charge on any atom is -0.491 e. The second-order valence-electron chi connectivity index (χ2n) is 8.70. The molecule has 1 aliphatic rings. The second-order valence-corrected chi connectivity index (χ2v) is 10.1. The molecule has 3 aromatic heterocycles. The van der Waals surface area contributed by atoms with Crippen molar-refractivity contribution in [3.8, 4) is 16.9 Å². The third-order valence-electron chi connectivity index (χ3n) is 5.77. The number of nitrogens with zero attached hydrogens (tertiary/aromatic N) is 6. The highest BCUT2D eigenvalue weighted by Crippen LogP contribution is 2.34. The Hall–Kier alpha value is -2.81. The molecule has 0 atom stereocenters. The molecule has 0 radical (unpaired) electrons. The summed E-state index contributed by atoms with van der Waals surface area (Å²) in [5.41, 5.74) is 4.95. The predicted octanol–water partition coefficient (Wildman–Crippen LogP) is 5.13. The van der Waals surface area contributed by atoms with E-state index in [1.54, 1.807) is 11.3 Å². The van der Waals surface area contributed by atoms with E-state index in [2.05, 4.69) is 44.9 Å².